The predicted octanol–water partition coefficient (Wildman–Crippen LogP) is 24.5. The van der Waals surface area contributed by atoms with Crippen LogP contribution in [0.5, 0.6) is 0 Å². The van der Waals surface area contributed by atoms with Gasteiger partial charge in [0.05, 0.1) is 103 Å². The highest BCUT2D eigenvalue weighted by molar-refractivity contribution is 7.85. The van der Waals surface area contributed by atoms with E-state index in [0.717, 1.165) is 49.2 Å². The van der Waals surface area contributed by atoms with Gasteiger partial charge in [0.25, 0.3) is 0 Å². The number of halogens is 6. The van der Waals surface area contributed by atoms with Gasteiger partial charge in [-0.25, -0.2) is 8.42 Å². The Morgan fingerprint density at radius 1 is 0.464 bits per heavy atom. The van der Waals surface area contributed by atoms with Gasteiger partial charge in [0.15, 0.2) is 16.6 Å². The molecular formula is C94H191F6NO27SSi11. The minimum atomic E-state index is -6.43. The number of carboxylic acids is 1. The quantitative estimate of drug-likeness (QED) is 0.0120. The number of hydrogen-bond donors (Lipinski definition) is 1. The maximum atomic E-state index is 13.7. The van der Waals surface area contributed by atoms with Crippen molar-refractivity contribution in [2.45, 2.75) is 413 Å². The molecule has 4 bridgehead atoms. The Balaban J connectivity index is 0. The fourth-order valence-corrected chi connectivity index (χ4v) is 73.2. The molecule has 0 aliphatic heterocycles. The van der Waals surface area contributed by atoms with Crippen molar-refractivity contribution in [3.63, 3.8) is 0 Å². The number of nitrogens with zero attached hydrogens (tertiary/aromatic N) is 1. The zero-order chi connectivity index (χ0) is 110. The molecule has 0 spiro atoms. The van der Waals surface area contributed by atoms with Gasteiger partial charge in [-0.15, -0.1) is 0 Å². The van der Waals surface area contributed by atoms with E-state index in [-0.39, 0.29) is 54.9 Å². The third-order valence-corrected chi connectivity index (χ3v) is 66.0. The van der Waals surface area contributed by atoms with Gasteiger partial charge in [0.1, 0.15) is 18.8 Å². The number of quaternary nitrogens is 1. The molecule has 0 heterocycles. The number of carboxylic acid groups (broad SMARTS) is 1. The Morgan fingerprint density at radius 2 is 0.814 bits per heavy atom. The number of hydrogen-bond acceptors (Lipinski definition) is 26. The van der Waals surface area contributed by atoms with Gasteiger partial charge in [-0.2, -0.15) is 26.3 Å². The van der Waals surface area contributed by atoms with Crippen molar-refractivity contribution in [3.8, 4) is 0 Å². The SMILES string of the molecule is CCC(C)(C)C(=O)O.CCC(C)(C)C(=O)OC12CC3CC(C1)CC(C(=O)OC(CS(=O)(=O)[O-])(C(F)(F)F)C(F)(F)F)(C3)C2.CCC(C)(C)C(=O)OCCC[Si](C)(C)O[Si](C)(C)O[Si](C)(C)O[Si](C)(C)O[Si](C)(C)O[Si](C)(C)O[Si](C)(C)O[Si](C)(C)O[Si](C)(C)O[Si](C)(C)O[Si](C)(C)C.CCC(C)(C)C(=O)OCCOCCOC.CCCCCCCCCOC(=O)C(C)CC.C[N+](C)(C)Cc1ccccc1. The van der Waals surface area contributed by atoms with Crippen LogP contribution in [0.1, 0.15) is 231 Å². The van der Waals surface area contributed by atoms with E-state index in [1.54, 1.807) is 41.7 Å². The molecule has 4 aliphatic rings. The number of unbranched alkanes of at least 4 members (excludes halogenated alkanes) is 6. The van der Waals surface area contributed by atoms with Crippen LogP contribution in [0.2, 0.25) is 157 Å². The highest BCUT2D eigenvalue weighted by Crippen LogP contribution is 2.64. The highest BCUT2D eigenvalue weighted by atomic mass is 32.2. The molecule has 1 N–H and O–H groups in total. The number of rotatable bonds is 55. The van der Waals surface area contributed by atoms with Crippen LogP contribution in [0.25, 0.3) is 0 Å². The highest BCUT2D eigenvalue weighted by Gasteiger charge is 2.77. The first-order valence-electron chi connectivity index (χ1n) is 49.9. The maximum absolute atomic E-state index is 13.7. The standard InChI is InChI=1S/C32H86O12Si11.C21H28F6O7S.C14H28O2.C11H22O4.C10H16N.C6H12O2/c1-27-32(2,3)31(33)34-29-28-30-46(7,8)36-48(11,12)38-50(15,16)40-52(19,20)42-54(23,24)44-55(25,26)43-53(21,22)41-51(17,18)39-49(13,14)37-47(9,10)35-45(4,5)6;1-4-16(2,3)14(28)33-18-8-12-5-13(9-18)7-17(6-12,10-18)15(29)34-19(20(22,23)24,21(25,26)27)11-35(30,31)32;1-4-6-7-8-9-10-11-12-16-14(15)13(3)5-2;1-5-11(2,3)10(12)15-9-8-14-7-6-13-4;1-11(2,3)9-10-7-5-4-6-8-10;1-4-6(2,3)5(7)8/h27-30H2,1-26H3;12-13H,4-11H2,1-3H3,(H,30,31,32);13H,4-12H2,1-3H3;5-9H2,1-4H3;4-8H,9H2,1-3H3;4H2,1-3H3,(H,7,8)/q;;;;+1;/p-1. The molecule has 4 aliphatic carbocycles. The van der Waals surface area contributed by atoms with Crippen molar-refractivity contribution in [2.24, 2.45) is 44.8 Å². The fourth-order valence-electron chi connectivity index (χ4n) is 17.0. The summed E-state index contributed by atoms with van der Waals surface area (Å²) in [5.41, 5.74) is -9.51. The number of benzene rings is 1. The van der Waals surface area contributed by atoms with Crippen LogP contribution < -0.4 is 0 Å². The molecule has 1 aromatic carbocycles. The topological polar surface area (TPSA) is 337 Å². The Morgan fingerprint density at radius 3 is 1.15 bits per heavy atom. The monoisotopic (exact) mass is 2220 g/mol. The maximum Gasteiger partial charge on any atom is 0.438 e. The van der Waals surface area contributed by atoms with E-state index in [4.69, 9.17) is 74.7 Å². The Labute approximate surface area is 853 Å². The van der Waals surface area contributed by atoms with Gasteiger partial charge in [0.2, 0.25) is 0 Å². The van der Waals surface area contributed by atoms with Crippen molar-refractivity contribution in [1.82, 2.24) is 0 Å². The lowest BCUT2D eigenvalue weighted by Gasteiger charge is -2.60. The van der Waals surface area contributed by atoms with Gasteiger partial charge in [0, 0.05) is 19.1 Å². The van der Waals surface area contributed by atoms with E-state index in [0.29, 0.717) is 71.7 Å². The van der Waals surface area contributed by atoms with Gasteiger partial charge in [-0.3, -0.25) is 28.8 Å². The summed E-state index contributed by atoms with van der Waals surface area (Å²) in [7, 11) is -25.5. The van der Waals surface area contributed by atoms with Gasteiger partial charge < -0.3 is 88.5 Å². The van der Waals surface area contributed by atoms with E-state index in [2.05, 4.69) is 214 Å². The second-order valence-electron chi connectivity index (χ2n) is 47.0. The Hall–Kier alpha value is -2.60. The lowest BCUT2D eigenvalue weighted by Crippen LogP contribution is -2.66. The summed E-state index contributed by atoms with van der Waals surface area (Å²) in [5.74, 6) is -7.14. The van der Waals surface area contributed by atoms with Gasteiger partial charge in [-0.05, 0) is 301 Å². The van der Waals surface area contributed by atoms with Crippen molar-refractivity contribution in [1.29, 1.82) is 0 Å². The third kappa shape index (κ3) is 56.3. The first kappa shape index (κ1) is 139. The van der Waals surface area contributed by atoms with Crippen LogP contribution in [-0.4, -0.2) is 249 Å². The van der Waals surface area contributed by atoms with Gasteiger partial charge in [-0.1, -0.05) is 117 Å². The van der Waals surface area contributed by atoms with Crippen LogP contribution in [-0.2, 0) is 120 Å². The molecule has 4 saturated carbocycles. The summed E-state index contributed by atoms with van der Waals surface area (Å²) in [6.45, 7) is 80.3. The average molecular weight is 2220 g/mol. The molecule has 46 heteroatoms. The number of carbonyl (C=O) groups excluding carboxylic acids is 5. The number of methoxy groups -OCH3 is 1. The summed E-state index contributed by atoms with van der Waals surface area (Å²) < 4.78 is 219. The van der Waals surface area contributed by atoms with Crippen molar-refractivity contribution >= 4 is 140 Å². The van der Waals surface area contributed by atoms with Crippen molar-refractivity contribution in [3.05, 3.63) is 35.9 Å². The van der Waals surface area contributed by atoms with E-state index in [1.165, 1.54) is 44.1 Å². The number of aliphatic carboxylic acids is 1. The van der Waals surface area contributed by atoms with E-state index < -0.39 is 178 Å². The van der Waals surface area contributed by atoms with Gasteiger partial charge >= 0.3 is 131 Å². The molecule has 0 aromatic heterocycles. The molecule has 0 saturated heterocycles. The third-order valence-electron chi connectivity index (χ3n) is 23.6. The smallest absolute Gasteiger partial charge is 0.438 e. The fraction of sp³-hybridized carbons (Fsp3) is 0.872. The minimum absolute atomic E-state index is 0.0338. The zero-order valence-electron chi connectivity index (χ0n) is 94.1. The molecular weight excluding hydrogens is 2030 g/mol. The molecule has 0 radical (unpaired) electrons. The summed E-state index contributed by atoms with van der Waals surface area (Å²) in [6, 6.07) is 11.4. The zero-order valence-corrected chi connectivity index (χ0v) is 106. The Bertz CT molecular complexity index is 3970. The first-order chi connectivity index (χ1) is 62.7. The van der Waals surface area contributed by atoms with E-state index >= 15 is 0 Å². The van der Waals surface area contributed by atoms with Crippen LogP contribution in [0.3, 0.4) is 0 Å². The van der Waals surface area contributed by atoms with Crippen molar-refractivity contribution in [2.75, 3.05) is 73.6 Å². The second kappa shape index (κ2) is 57.0. The molecule has 140 heavy (non-hydrogen) atoms. The Kier molecular flexibility index (Phi) is 56.8. The largest absolute Gasteiger partial charge is 0.748 e. The van der Waals surface area contributed by atoms with E-state index in [1.807, 2.05) is 62.3 Å². The molecule has 0 amide bonds. The molecule has 5 rings (SSSR count). The number of ether oxygens (including phenoxy) is 7. The number of alkyl halides is 6. The molecule has 1 aromatic rings. The molecule has 4 fully saturated rings. The average Bonchev–Trinajstić information content (AvgIpc) is 0.704. The van der Waals surface area contributed by atoms with Crippen LogP contribution in [0.15, 0.2) is 30.3 Å². The lowest BCUT2D eigenvalue weighted by molar-refractivity contribution is -0.884. The molecule has 3 unspecified atom stereocenters. The van der Waals surface area contributed by atoms with Crippen LogP contribution >= 0.6 is 0 Å². The molecule has 3 atom stereocenters. The number of esters is 5. The van der Waals surface area contributed by atoms with Crippen molar-refractivity contribution < 1.29 is 152 Å². The second-order valence-corrected chi connectivity index (χ2v) is 90.0. The summed E-state index contributed by atoms with van der Waals surface area (Å²) in [5, 5.41) is 8.44. The van der Waals surface area contributed by atoms with Crippen LogP contribution in [0.4, 0.5) is 26.3 Å². The summed E-state index contributed by atoms with van der Waals surface area (Å²) in [4.78, 5) is 71.3. The number of carbonyl (C=O) groups is 6. The first-order valence-corrected chi connectivity index (χ1v) is 83.4. The normalized spacial score (nSPS) is 18.1. The molecule has 826 valence electrons. The van der Waals surface area contributed by atoms with Crippen LogP contribution in [0, 0.1) is 44.8 Å². The predicted molar refractivity (Wildman–Crippen MR) is 565 cm³/mol. The minimum Gasteiger partial charge on any atom is -0.748 e. The van der Waals surface area contributed by atoms with E-state index in [9.17, 15) is 68.1 Å². The summed E-state index contributed by atoms with van der Waals surface area (Å²) in [6.07, 6.45) is 0.861. The summed E-state index contributed by atoms with van der Waals surface area (Å²) >= 11 is 0. The molecule has 28 nitrogen and oxygen atoms in total. The lowest BCUT2D eigenvalue weighted by atomic mass is 9.48.